The van der Waals surface area contributed by atoms with Gasteiger partial charge < -0.3 is 10.1 Å². The zero-order chi connectivity index (χ0) is 16.3. The molecule has 1 aromatic carbocycles. The molecule has 1 aromatic rings. The Morgan fingerprint density at radius 2 is 1.71 bits per heavy atom. The fraction of sp³-hybridized carbons (Fsp3) is 0.684. The topological polar surface area (TPSA) is 21.3 Å². The van der Waals surface area contributed by atoms with Gasteiger partial charge in [0.25, 0.3) is 0 Å². The second-order valence-electron chi connectivity index (χ2n) is 8.24. The molecule has 2 nitrogen and oxygen atoms in total. The van der Waals surface area contributed by atoms with E-state index in [2.05, 4.69) is 78.9 Å². The summed E-state index contributed by atoms with van der Waals surface area (Å²) in [5.74, 6) is 1.03. The first-order chi connectivity index (χ1) is 9.51. The largest absolute Gasteiger partial charge is 0.493 e. The lowest BCUT2D eigenvalue weighted by Gasteiger charge is -2.29. The molecule has 0 amide bonds. The fourth-order valence-corrected chi connectivity index (χ4v) is 2.17. The molecule has 0 aromatic heterocycles. The van der Waals surface area contributed by atoms with Crippen LogP contribution in [0.25, 0.3) is 0 Å². The van der Waals surface area contributed by atoms with Crippen LogP contribution in [0.1, 0.15) is 59.6 Å². The van der Waals surface area contributed by atoms with E-state index < -0.39 is 0 Å². The van der Waals surface area contributed by atoms with E-state index in [1.807, 2.05) is 0 Å². The quantitative estimate of drug-likeness (QED) is 0.820. The zero-order valence-electron chi connectivity index (χ0n) is 15.1. The molecule has 0 atom stereocenters. The molecule has 21 heavy (non-hydrogen) atoms. The Morgan fingerprint density at radius 3 is 2.24 bits per heavy atom. The second kappa shape index (κ2) is 6.83. The Hall–Kier alpha value is -1.02. The van der Waals surface area contributed by atoms with Crippen LogP contribution in [0.5, 0.6) is 5.75 Å². The van der Waals surface area contributed by atoms with E-state index in [0.29, 0.717) is 6.04 Å². The molecule has 0 aliphatic carbocycles. The van der Waals surface area contributed by atoms with Crippen molar-refractivity contribution in [1.29, 1.82) is 0 Å². The van der Waals surface area contributed by atoms with E-state index in [1.54, 1.807) is 0 Å². The monoisotopic (exact) mass is 291 g/mol. The third-order valence-corrected chi connectivity index (χ3v) is 3.55. The molecule has 0 aliphatic heterocycles. The fourth-order valence-electron chi connectivity index (χ4n) is 2.17. The molecular weight excluding hydrogens is 258 g/mol. The van der Waals surface area contributed by atoms with Crippen molar-refractivity contribution in [2.45, 2.75) is 66.8 Å². The lowest BCUT2D eigenvalue weighted by atomic mass is 9.85. The second-order valence-corrected chi connectivity index (χ2v) is 8.24. The van der Waals surface area contributed by atoms with E-state index in [9.17, 15) is 0 Å². The van der Waals surface area contributed by atoms with Crippen molar-refractivity contribution in [2.24, 2.45) is 5.41 Å². The van der Waals surface area contributed by atoms with Gasteiger partial charge in [-0.3, -0.25) is 0 Å². The first-order valence-corrected chi connectivity index (χ1v) is 7.98. The standard InChI is InChI=1S/C19H33NO/c1-14(2)20-12-19(7,8)13-21-17-11-15(3)9-10-16(17)18(4,5)6/h9-11,14,20H,12-13H2,1-8H3. The molecule has 0 fully saturated rings. The van der Waals surface area contributed by atoms with E-state index in [-0.39, 0.29) is 10.8 Å². The average Bonchev–Trinajstić information content (AvgIpc) is 2.33. The molecule has 0 heterocycles. The highest BCUT2D eigenvalue weighted by molar-refractivity contribution is 5.41. The van der Waals surface area contributed by atoms with Crippen molar-refractivity contribution in [2.75, 3.05) is 13.2 Å². The van der Waals surface area contributed by atoms with Crippen LogP contribution in [0, 0.1) is 12.3 Å². The molecule has 0 aliphatic rings. The Morgan fingerprint density at radius 1 is 1.10 bits per heavy atom. The van der Waals surface area contributed by atoms with Crippen LogP contribution in [0.4, 0.5) is 0 Å². The highest BCUT2D eigenvalue weighted by atomic mass is 16.5. The summed E-state index contributed by atoms with van der Waals surface area (Å²) in [5, 5.41) is 3.50. The maximum atomic E-state index is 6.20. The Bertz CT molecular complexity index is 455. The van der Waals surface area contributed by atoms with Gasteiger partial charge in [0.15, 0.2) is 0 Å². The van der Waals surface area contributed by atoms with Crippen molar-refractivity contribution < 1.29 is 4.74 Å². The molecule has 0 bridgehead atoms. The predicted octanol–water partition coefficient (Wildman–Crippen LogP) is 4.70. The molecule has 0 radical (unpaired) electrons. The summed E-state index contributed by atoms with van der Waals surface area (Å²) in [5.41, 5.74) is 2.74. The van der Waals surface area contributed by atoms with E-state index in [1.165, 1.54) is 11.1 Å². The molecular formula is C19H33NO. The Balaban J connectivity index is 2.81. The number of hydrogen-bond acceptors (Lipinski definition) is 2. The summed E-state index contributed by atoms with van der Waals surface area (Å²) in [6.07, 6.45) is 0. The number of ether oxygens (including phenoxy) is 1. The highest BCUT2D eigenvalue weighted by Gasteiger charge is 2.23. The van der Waals surface area contributed by atoms with Gasteiger partial charge in [-0.05, 0) is 29.5 Å². The molecule has 0 spiro atoms. The minimum absolute atomic E-state index is 0.101. The van der Waals surface area contributed by atoms with E-state index in [4.69, 9.17) is 4.74 Å². The van der Waals surface area contributed by atoms with Crippen molar-refractivity contribution in [3.8, 4) is 5.75 Å². The SMILES string of the molecule is Cc1ccc(C(C)(C)C)c(OCC(C)(C)CNC(C)C)c1. The van der Waals surface area contributed by atoms with Gasteiger partial charge in [0, 0.05) is 18.0 Å². The van der Waals surface area contributed by atoms with Crippen LogP contribution < -0.4 is 10.1 Å². The van der Waals surface area contributed by atoms with Crippen LogP contribution in [0.2, 0.25) is 0 Å². The maximum absolute atomic E-state index is 6.20. The third-order valence-electron chi connectivity index (χ3n) is 3.55. The summed E-state index contributed by atoms with van der Waals surface area (Å²) in [7, 11) is 0. The van der Waals surface area contributed by atoms with Gasteiger partial charge >= 0.3 is 0 Å². The smallest absolute Gasteiger partial charge is 0.123 e. The van der Waals surface area contributed by atoms with Gasteiger partial charge in [-0.1, -0.05) is 60.6 Å². The number of aryl methyl sites for hydroxylation is 1. The highest BCUT2D eigenvalue weighted by Crippen LogP contribution is 2.33. The minimum atomic E-state index is 0.101. The van der Waals surface area contributed by atoms with Crippen molar-refractivity contribution >= 4 is 0 Å². The number of hydrogen-bond donors (Lipinski definition) is 1. The molecule has 120 valence electrons. The van der Waals surface area contributed by atoms with Gasteiger partial charge in [-0.15, -0.1) is 0 Å². The van der Waals surface area contributed by atoms with Crippen molar-refractivity contribution in [3.63, 3.8) is 0 Å². The number of benzene rings is 1. The van der Waals surface area contributed by atoms with Crippen molar-refractivity contribution in [1.82, 2.24) is 5.32 Å². The van der Waals surface area contributed by atoms with Crippen LogP contribution in [0.3, 0.4) is 0 Å². The zero-order valence-corrected chi connectivity index (χ0v) is 15.1. The summed E-state index contributed by atoms with van der Waals surface area (Å²) < 4.78 is 6.20. The number of rotatable bonds is 6. The molecule has 0 saturated carbocycles. The Kier molecular flexibility index (Phi) is 5.86. The Labute approximate surface area is 131 Å². The first kappa shape index (κ1) is 18.0. The van der Waals surface area contributed by atoms with Gasteiger partial charge in [-0.2, -0.15) is 0 Å². The lowest BCUT2D eigenvalue weighted by molar-refractivity contribution is 0.171. The molecule has 0 saturated heterocycles. The molecule has 0 unspecified atom stereocenters. The predicted molar refractivity (Wildman–Crippen MR) is 92.3 cm³/mol. The molecule has 2 heteroatoms. The van der Waals surface area contributed by atoms with Gasteiger partial charge in [0.2, 0.25) is 0 Å². The van der Waals surface area contributed by atoms with Gasteiger partial charge in [0.05, 0.1) is 6.61 Å². The average molecular weight is 291 g/mol. The van der Waals surface area contributed by atoms with Gasteiger partial charge in [0.1, 0.15) is 5.75 Å². The van der Waals surface area contributed by atoms with E-state index in [0.717, 1.165) is 18.9 Å². The lowest BCUT2D eigenvalue weighted by Crippen LogP contribution is -2.37. The summed E-state index contributed by atoms with van der Waals surface area (Å²) >= 11 is 0. The first-order valence-electron chi connectivity index (χ1n) is 7.98. The number of nitrogens with one attached hydrogen (secondary N) is 1. The minimum Gasteiger partial charge on any atom is -0.493 e. The van der Waals surface area contributed by atoms with Crippen LogP contribution in [-0.2, 0) is 5.41 Å². The van der Waals surface area contributed by atoms with Crippen molar-refractivity contribution in [3.05, 3.63) is 29.3 Å². The summed E-state index contributed by atoms with van der Waals surface area (Å²) in [4.78, 5) is 0. The molecule has 1 N–H and O–H groups in total. The van der Waals surface area contributed by atoms with Crippen LogP contribution in [-0.4, -0.2) is 19.2 Å². The van der Waals surface area contributed by atoms with E-state index >= 15 is 0 Å². The maximum Gasteiger partial charge on any atom is 0.123 e. The van der Waals surface area contributed by atoms with Gasteiger partial charge in [-0.25, -0.2) is 0 Å². The molecule has 1 rings (SSSR count). The van der Waals surface area contributed by atoms with Crippen LogP contribution >= 0.6 is 0 Å². The van der Waals surface area contributed by atoms with Crippen LogP contribution in [0.15, 0.2) is 18.2 Å². The summed E-state index contributed by atoms with van der Waals surface area (Å²) in [6.45, 7) is 19.3. The summed E-state index contributed by atoms with van der Waals surface area (Å²) in [6, 6.07) is 7.03. The third kappa shape index (κ3) is 6.09. The normalized spacial score (nSPS) is 12.8.